The molecule has 1 aromatic carbocycles. The molecule has 1 heterocycles. The predicted octanol–water partition coefficient (Wildman–Crippen LogP) is 2.84. The monoisotopic (exact) mass is 315 g/mol. The fraction of sp³-hybridized carbons (Fsp3) is 0.273. The molecular weight excluding hydrogens is 302 g/mol. The Hall–Kier alpha value is -1.12. The van der Waals surface area contributed by atoms with Crippen LogP contribution >= 0.6 is 23.1 Å². The van der Waals surface area contributed by atoms with Gasteiger partial charge in [-0.05, 0) is 12.1 Å². The molecule has 0 saturated carbocycles. The lowest BCUT2D eigenvalue weighted by Crippen LogP contribution is -2.12. The molecule has 0 unspecified atom stereocenters. The summed E-state index contributed by atoms with van der Waals surface area (Å²) in [7, 11) is -3.58. The number of nitrogens with one attached hydrogen (secondary N) is 1. The summed E-state index contributed by atoms with van der Waals surface area (Å²) in [5, 5.41) is 8.44. The molecule has 0 amide bonds. The van der Waals surface area contributed by atoms with Gasteiger partial charge in [0.05, 0.1) is 4.90 Å². The fourth-order valence-corrected chi connectivity index (χ4v) is 4.50. The van der Waals surface area contributed by atoms with E-state index in [2.05, 4.69) is 14.9 Å². The molecule has 2 aromatic rings. The lowest BCUT2D eigenvalue weighted by Gasteiger charge is -2.03. The number of rotatable bonds is 5. The van der Waals surface area contributed by atoms with Gasteiger partial charge in [0.25, 0.3) is 10.0 Å². The molecule has 19 heavy (non-hydrogen) atoms. The van der Waals surface area contributed by atoms with E-state index in [9.17, 15) is 8.42 Å². The van der Waals surface area contributed by atoms with Crippen LogP contribution in [0.5, 0.6) is 0 Å². The molecule has 1 aromatic heterocycles. The van der Waals surface area contributed by atoms with E-state index in [1.807, 2.05) is 13.8 Å². The minimum atomic E-state index is -3.58. The third kappa shape index (κ3) is 3.92. The number of hydrogen-bond acceptors (Lipinski definition) is 6. The molecule has 1 N–H and O–H groups in total. The molecule has 0 aliphatic heterocycles. The number of sulfonamides is 1. The zero-order valence-electron chi connectivity index (χ0n) is 10.4. The first-order valence-electron chi connectivity index (χ1n) is 5.55. The molecule has 0 radical (unpaired) electrons. The summed E-state index contributed by atoms with van der Waals surface area (Å²) in [6.07, 6.45) is 0. The average molecular weight is 315 g/mol. The van der Waals surface area contributed by atoms with Crippen molar-refractivity contribution in [2.24, 2.45) is 0 Å². The Bertz CT molecular complexity index is 638. The smallest absolute Gasteiger partial charge is 0.253 e. The zero-order chi connectivity index (χ0) is 13.9. The number of aromatic nitrogens is 2. The Morgan fingerprint density at radius 1 is 1.21 bits per heavy atom. The normalized spacial score (nSPS) is 11.7. The largest absolute Gasteiger partial charge is 0.263 e. The molecule has 0 fully saturated rings. The summed E-state index contributed by atoms with van der Waals surface area (Å²) in [6.45, 7) is 4.08. The van der Waals surface area contributed by atoms with Crippen LogP contribution < -0.4 is 4.72 Å². The first-order chi connectivity index (χ1) is 8.97. The van der Waals surface area contributed by atoms with E-state index in [0.717, 1.165) is 4.34 Å². The Morgan fingerprint density at radius 2 is 1.89 bits per heavy atom. The van der Waals surface area contributed by atoms with Crippen molar-refractivity contribution in [3.63, 3.8) is 0 Å². The molecule has 0 bridgehead atoms. The summed E-state index contributed by atoms with van der Waals surface area (Å²) >= 11 is 2.78. The van der Waals surface area contributed by atoms with Gasteiger partial charge >= 0.3 is 0 Å². The van der Waals surface area contributed by atoms with Gasteiger partial charge in [-0.25, -0.2) is 8.42 Å². The van der Waals surface area contributed by atoms with Crippen LogP contribution in [0.3, 0.4) is 0 Å². The van der Waals surface area contributed by atoms with E-state index in [-0.39, 0.29) is 10.0 Å². The first kappa shape index (κ1) is 14.3. The number of anilines is 1. The van der Waals surface area contributed by atoms with E-state index < -0.39 is 10.0 Å². The second kappa shape index (κ2) is 5.89. The minimum Gasteiger partial charge on any atom is -0.253 e. The maximum absolute atomic E-state index is 12.1. The van der Waals surface area contributed by atoms with E-state index in [1.165, 1.54) is 23.5 Å². The maximum Gasteiger partial charge on any atom is 0.263 e. The van der Waals surface area contributed by atoms with Gasteiger partial charge in [-0.1, -0.05) is 55.1 Å². The van der Waals surface area contributed by atoms with Gasteiger partial charge in [-0.3, -0.25) is 4.72 Å². The van der Waals surface area contributed by atoms with Gasteiger partial charge in [-0.2, -0.15) is 0 Å². The Kier molecular flexibility index (Phi) is 4.43. The van der Waals surface area contributed by atoms with Crippen LogP contribution in [-0.2, 0) is 10.0 Å². The second-order valence-electron chi connectivity index (χ2n) is 3.96. The summed E-state index contributed by atoms with van der Waals surface area (Å²) in [6, 6.07) is 8.19. The topological polar surface area (TPSA) is 72.0 Å². The molecule has 2 rings (SSSR count). The van der Waals surface area contributed by atoms with E-state index in [0.29, 0.717) is 5.25 Å². The van der Waals surface area contributed by atoms with Crippen molar-refractivity contribution in [2.75, 3.05) is 4.72 Å². The molecule has 0 aliphatic rings. The van der Waals surface area contributed by atoms with Gasteiger partial charge in [-0.15, -0.1) is 10.2 Å². The van der Waals surface area contributed by atoms with Gasteiger partial charge in [0.15, 0.2) is 4.34 Å². The van der Waals surface area contributed by atoms with Gasteiger partial charge in [0.1, 0.15) is 0 Å². The molecule has 0 atom stereocenters. The SMILES string of the molecule is CC(C)Sc1nnc(NS(=O)(=O)c2ccccc2)s1. The molecule has 102 valence electrons. The molecule has 0 saturated heterocycles. The van der Waals surface area contributed by atoms with E-state index in [1.54, 1.807) is 30.0 Å². The minimum absolute atomic E-state index is 0.211. The number of hydrogen-bond donors (Lipinski definition) is 1. The molecule has 5 nitrogen and oxygen atoms in total. The summed E-state index contributed by atoms with van der Waals surface area (Å²) < 4.78 is 27.3. The highest BCUT2D eigenvalue weighted by Gasteiger charge is 2.16. The van der Waals surface area contributed by atoms with Gasteiger partial charge < -0.3 is 0 Å². The van der Waals surface area contributed by atoms with Gasteiger partial charge in [0, 0.05) is 5.25 Å². The van der Waals surface area contributed by atoms with Crippen LogP contribution in [0, 0.1) is 0 Å². The molecule has 0 spiro atoms. The second-order valence-corrected chi connectivity index (χ2v) is 8.44. The van der Waals surface area contributed by atoms with Crippen molar-refractivity contribution in [3.8, 4) is 0 Å². The standard InChI is InChI=1S/C11H13N3O2S3/c1-8(2)17-11-13-12-10(18-11)14-19(15,16)9-6-4-3-5-7-9/h3-8H,1-2H3,(H,12,14). The Labute approximate surface area is 120 Å². The summed E-state index contributed by atoms with van der Waals surface area (Å²) in [4.78, 5) is 0.211. The fourth-order valence-electron chi connectivity index (χ4n) is 1.27. The van der Waals surface area contributed by atoms with Gasteiger partial charge in [0.2, 0.25) is 5.13 Å². The van der Waals surface area contributed by atoms with E-state index >= 15 is 0 Å². The van der Waals surface area contributed by atoms with Crippen LogP contribution in [-0.4, -0.2) is 23.9 Å². The highest BCUT2D eigenvalue weighted by atomic mass is 32.2. The lowest BCUT2D eigenvalue weighted by atomic mass is 10.4. The van der Waals surface area contributed by atoms with Crippen LogP contribution in [0.2, 0.25) is 0 Å². The number of nitrogens with zero attached hydrogens (tertiary/aromatic N) is 2. The highest BCUT2D eigenvalue weighted by Crippen LogP contribution is 2.29. The zero-order valence-corrected chi connectivity index (χ0v) is 12.8. The Morgan fingerprint density at radius 3 is 2.53 bits per heavy atom. The van der Waals surface area contributed by atoms with Crippen molar-refractivity contribution in [1.82, 2.24) is 10.2 Å². The first-order valence-corrected chi connectivity index (χ1v) is 8.73. The van der Waals surface area contributed by atoms with E-state index in [4.69, 9.17) is 0 Å². The molecule has 8 heteroatoms. The van der Waals surface area contributed by atoms with Crippen molar-refractivity contribution in [2.45, 2.75) is 28.3 Å². The van der Waals surface area contributed by atoms with Crippen molar-refractivity contribution in [1.29, 1.82) is 0 Å². The maximum atomic E-state index is 12.1. The summed E-state index contributed by atoms with van der Waals surface area (Å²) in [5.41, 5.74) is 0. The number of benzene rings is 1. The third-order valence-corrected chi connectivity index (χ3v) is 5.43. The Balaban J connectivity index is 2.15. The van der Waals surface area contributed by atoms with Crippen LogP contribution in [0.1, 0.15) is 13.8 Å². The highest BCUT2D eigenvalue weighted by molar-refractivity contribution is 8.01. The van der Waals surface area contributed by atoms with Crippen molar-refractivity contribution >= 4 is 38.3 Å². The van der Waals surface area contributed by atoms with Crippen LogP contribution in [0.25, 0.3) is 0 Å². The lowest BCUT2D eigenvalue weighted by molar-refractivity contribution is 0.601. The molecular formula is C11H13N3O2S3. The van der Waals surface area contributed by atoms with Crippen LogP contribution in [0.4, 0.5) is 5.13 Å². The third-order valence-electron chi connectivity index (χ3n) is 2.02. The van der Waals surface area contributed by atoms with Crippen LogP contribution in [0.15, 0.2) is 39.6 Å². The molecule has 0 aliphatic carbocycles. The number of thioether (sulfide) groups is 1. The summed E-state index contributed by atoms with van der Waals surface area (Å²) in [5.74, 6) is 0. The van der Waals surface area contributed by atoms with Crippen molar-refractivity contribution < 1.29 is 8.42 Å². The van der Waals surface area contributed by atoms with Crippen molar-refractivity contribution in [3.05, 3.63) is 30.3 Å². The quantitative estimate of drug-likeness (QED) is 0.859. The average Bonchev–Trinajstić information content (AvgIpc) is 2.76. The predicted molar refractivity (Wildman–Crippen MR) is 78.2 cm³/mol.